The number of thiophene rings is 1. The molecule has 0 N–H and O–H groups in total. The number of hydrogen-bond donors (Lipinski definition) is 0. The lowest BCUT2D eigenvalue weighted by Gasteiger charge is -2.33. The van der Waals surface area contributed by atoms with Crippen LogP contribution in [0.1, 0.15) is 22.6 Å². The van der Waals surface area contributed by atoms with Gasteiger partial charge in [0, 0.05) is 29.9 Å². The van der Waals surface area contributed by atoms with Gasteiger partial charge in [0.05, 0.1) is 5.69 Å². The Balaban J connectivity index is 1.46. The first kappa shape index (κ1) is 17.6. The average molecular weight is 413 g/mol. The van der Waals surface area contributed by atoms with E-state index in [0.717, 1.165) is 18.8 Å². The van der Waals surface area contributed by atoms with Crippen molar-refractivity contribution in [1.82, 2.24) is 19.1 Å². The largest absolute Gasteiger partial charge is 0.355 e. The van der Waals surface area contributed by atoms with Crippen LogP contribution in [0.25, 0.3) is 21.4 Å². The van der Waals surface area contributed by atoms with Crippen molar-refractivity contribution in [3.05, 3.63) is 99.4 Å². The molecule has 148 valence electrons. The summed E-state index contributed by atoms with van der Waals surface area (Å²) in [4.78, 5) is 15.1. The molecule has 1 atom stereocenters. The first-order valence-corrected chi connectivity index (χ1v) is 10.9. The van der Waals surface area contributed by atoms with E-state index in [0.29, 0.717) is 11.6 Å². The Morgan fingerprint density at radius 2 is 2.00 bits per heavy atom. The molecule has 0 saturated carbocycles. The van der Waals surface area contributed by atoms with Gasteiger partial charge in [-0.1, -0.05) is 18.2 Å². The van der Waals surface area contributed by atoms with Gasteiger partial charge in [-0.3, -0.25) is 0 Å². The van der Waals surface area contributed by atoms with E-state index in [9.17, 15) is 4.79 Å². The number of nitrogens with zero attached hydrogens (tertiary/aromatic N) is 4. The summed E-state index contributed by atoms with van der Waals surface area (Å²) in [6.45, 7) is 1.85. The third-order valence-corrected chi connectivity index (χ3v) is 6.89. The van der Waals surface area contributed by atoms with Crippen molar-refractivity contribution in [2.24, 2.45) is 0 Å². The lowest BCUT2D eigenvalue weighted by atomic mass is 9.84. The molecule has 0 fully saturated rings. The standard InChI is InChI=1S/C24H20N4OS/c1-26-14-18-13-19(28-24(29)27-10-3-2-4-23(27)25-28)6-7-20(18)21(15-26)16-5-8-22-17(12-16)9-11-30-22/h2-13,21H,14-15H2,1H3. The predicted molar refractivity (Wildman–Crippen MR) is 121 cm³/mol. The Morgan fingerprint density at radius 3 is 2.90 bits per heavy atom. The smallest absolute Gasteiger partial charge is 0.301 e. The molecular formula is C24H20N4OS. The number of fused-ring (bicyclic) bond motifs is 3. The zero-order valence-corrected chi connectivity index (χ0v) is 17.3. The molecule has 1 unspecified atom stereocenters. The van der Waals surface area contributed by atoms with Crippen LogP contribution in [-0.4, -0.2) is 32.7 Å². The van der Waals surface area contributed by atoms with Crippen LogP contribution >= 0.6 is 11.3 Å². The minimum atomic E-state index is -0.144. The van der Waals surface area contributed by atoms with Crippen LogP contribution in [0.15, 0.2) is 77.0 Å². The fourth-order valence-electron chi connectivity index (χ4n) is 4.55. The second-order valence-corrected chi connectivity index (χ2v) is 8.92. The number of pyridine rings is 1. The second-order valence-electron chi connectivity index (χ2n) is 7.97. The number of benzene rings is 2. The highest BCUT2D eigenvalue weighted by Gasteiger charge is 2.26. The molecular weight excluding hydrogens is 392 g/mol. The lowest BCUT2D eigenvalue weighted by Crippen LogP contribution is -2.31. The van der Waals surface area contributed by atoms with Crippen molar-refractivity contribution >= 4 is 27.1 Å². The fourth-order valence-corrected chi connectivity index (χ4v) is 5.32. The number of hydrogen-bond acceptors (Lipinski definition) is 4. The van der Waals surface area contributed by atoms with E-state index in [1.54, 1.807) is 21.9 Å². The molecule has 4 heterocycles. The molecule has 5 aromatic rings. The van der Waals surface area contributed by atoms with E-state index >= 15 is 0 Å². The van der Waals surface area contributed by atoms with Gasteiger partial charge in [0.2, 0.25) is 0 Å². The molecule has 0 aliphatic carbocycles. The van der Waals surface area contributed by atoms with E-state index < -0.39 is 0 Å². The lowest BCUT2D eigenvalue weighted by molar-refractivity contribution is 0.295. The molecule has 6 rings (SSSR count). The second kappa shape index (κ2) is 6.65. The Bertz CT molecular complexity index is 1460. The molecule has 0 radical (unpaired) electrons. The van der Waals surface area contributed by atoms with Crippen molar-refractivity contribution in [2.45, 2.75) is 12.5 Å². The monoisotopic (exact) mass is 412 g/mol. The van der Waals surface area contributed by atoms with Crippen LogP contribution in [0.2, 0.25) is 0 Å². The van der Waals surface area contributed by atoms with Crippen molar-refractivity contribution in [2.75, 3.05) is 13.6 Å². The fraction of sp³-hybridized carbons (Fsp3) is 0.167. The maximum absolute atomic E-state index is 12.8. The molecule has 3 aromatic heterocycles. The Kier molecular flexibility index (Phi) is 3.91. The topological polar surface area (TPSA) is 42.5 Å². The first-order valence-electron chi connectivity index (χ1n) is 10.0. The van der Waals surface area contributed by atoms with Gasteiger partial charge >= 0.3 is 5.69 Å². The highest BCUT2D eigenvalue weighted by molar-refractivity contribution is 7.17. The quantitative estimate of drug-likeness (QED) is 0.435. The van der Waals surface area contributed by atoms with Gasteiger partial charge < -0.3 is 4.90 Å². The van der Waals surface area contributed by atoms with E-state index in [-0.39, 0.29) is 5.69 Å². The normalized spacial score (nSPS) is 16.9. The van der Waals surface area contributed by atoms with Crippen LogP contribution in [0.5, 0.6) is 0 Å². The summed E-state index contributed by atoms with van der Waals surface area (Å²) < 4.78 is 4.39. The number of likely N-dealkylation sites (N-methyl/N-ethyl adjacent to an activating group) is 1. The molecule has 30 heavy (non-hydrogen) atoms. The zero-order valence-electron chi connectivity index (χ0n) is 16.5. The highest BCUT2D eigenvalue weighted by atomic mass is 32.1. The minimum absolute atomic E-state index is 0.144. The SMILES string of the molecule is CN1Cc2cc(-n3nc4ccccn4c3=O)ccc2C(c2ccc3sccc3c2)C1. The van der Waals surface area contributed by atoms with E-state index in [2.05, 4.69) is 58.8 Å². The van der Waals surface area contributed by atoms with Gasteiger partial charge in [-0.25, -0.2) is 9.20 Å². The molecule has 1 aliphatic rings. The van der Waals surface area contributed by atoms with Crippen molar-refractivity contribution in [3.8, 4) is 5.69 Å². The third kappa shape index (κ3) is 2.72. The van der Waals surface area contributed by atoms with Gasteiger partial charge in [0.15, 0.2) is 5.65 Å². The maximum atomic E-state index is 12.8. The molecule has 0 spiro atoms. The molecule has 0 saturated heterocycles. The van der Waals surface area contributed by atoms with Crippen LogP contribution in [0.3, 0.4) is 0 Å². The van der Waals surface area contributed by atoms with Gasteiger partial charge in [-0.05, 0) is 77.0 Å². The van der Waals surface area contributed by atoms with Crippen molar-refractivity contribution in [3.63, 3.8) is 0 Å². The van der Waals surface area contributed by atoms with Gasteiger partial charge in [-0.15, -0.1) is 16.4 Å². The van der Waals surface area contributed by atoms with E-state index in [1.807, 2.05) is 24.3 Å². The summed E-state index contributed by atoms with van der Waals surface area (Å²) in [6.07, 6.45) is 1.75. The molecule has 0 amide bonds. The summed E-state index contributed by atoms with van der Waals surface area (Å²) in [5.41, 5.74) is 5.24. The summed E-state index contributed by atoms with van der Waals surface area (Å²) in [7, 11) is 2.16. The summed E-state index contributed by atoms with van der Waals surface area (Å²) >= 11 is 1.78. The van der Waals surface area contributed by atoms with Crippen LogP contribution in [-0.2, 0) is 6.54 Å². The Morgan fingerprint density at radius 1 is 1.07 bits per heavy atom. The van der Waals surface area contributed by atoms with Crippen molar-refractivity contribution < 1.29 is 0 Å². The average Bonchev–Trinajstić information content (AvgIpc) is 3.37. The zero-order chi connectivity index (χ0) is 20.2. The molecule has 0 bridgehead atoms. The Hall–Kier alpha value is -3.22. The number of aromatic nitrogens is 3. The van der Waals surface area contributed by atoms with Crippen LogP contribution in [0.4, 0.5) is 0 Å². The van der Waals surface area contributed by atoms with Crippen LogP contribution in [0, 0.1) is 0 Å². The Labute approximate surface area is 177 Å². The molecule has 1 aliphatic heterocycles. The summed E-state index contributed by atoms with van der Waals surface area (Å²) in [5.74, 6) is 0.315. The molecule has 6 heteroatoms. The van der Waals surface area contributed by atoms with Crippen molar-refractivity contribution in [1.29, 1.82) is 0 Å². The maximum Gasteiger partial charge on any atom is 0.355 e. The van der Waals surface area contributed by atoms with Gasteiger partial charge in [0.25, 0.3) is 0 Å². The van der Waals surface area contributed by atoms with Gasteiger partial charge in [0.1, 0.15) is 0 Å². The first-order chi connectivity index (χ1) is 14.7. The minimum Gasteiger partial charge on any atom is -0.301 e. The molecule has 2 aromatic carbocycles. The third-order valence-electron chi connectivity index (χ3n) is 5.99. The van der Waals surface area contributed by atoms with E-state index in [4.69, 9.17) is 0 Å². The number of rotatable bonds is 2. The highest BCUT2D eigenvalue weighted by Crippen LogP contribution is 2.35. The van der Waals surface area contributed by atoms with Crippen LogP contribution < -0.4 is 5.69 Å². The summed E-state index contributed by atoms with van der Waals surface area (Å²) in [6, 6.07) is 20.9. The summed E-state index contributed by atoms with van der Waals surface area (Å²) in [5, 5.41) is 7.96. The molecule has 5 nitrogen and oxygen atoms in total. The van der Waals surface area contributed by atoms with Gasteiger partial charge in [-0.2, -0.15) is 4.68 Å². The van der Waals surface area contributed by atoms with E-state index in [1.165, 1.54) is 31.5 Å². The predicted octanol–water partition coefficient (Wildman–Crippen LogP) is 4.28.